The van der Waals surface area contributed by atoms with Gasteiger partial charge in [0.2, 0.25) is 0 Å². The number of H-pyrrole nitrogens is 1. The minimum absolute atomic E-state index is 0.131. The van der Waals surface area contributed by atoms with Gasteiger partial charge in [-0.2, -0.15) is 0 Å². The van der Waals surface area contributed by atoms with Gasteiger partial charge in [0.1, 0.15) is 6.10 Å². The Morgan fingerprint density at radius 3 is 2.94 bits per heavy atom. The summed E-state index contributed by atoms with van der Waals surface area (Å²) in [5.74, 6) is 0.242. The van der Waals surface area contributed by atoms with Crippen LogP contribution in [-0.4, -0.2) is 27.9 Å². The number of aromatic nitrogens is 2. The Morgan fingerprint density at radius 1 is 1.56 bits per heavy atom. The highest BCUT2D eigenvalue weighted by molar-refractivity contribution is 5.04. The lowest BCUT2D eigenvalue weighted by molar-refractivity contribution is -0.174. The lowest BCUT2D eigenvalue weighted by Crippen LogP contribution is -2.40. The highest BCUT2D eigenvalue weighted by Gasteiger charge is 2.58. The Balaban J connectivity index is 2.01. The SMILES string of the molecule is CC[C@]12CO[C@@H](C1C)[C@H](n1ccc(=O)[nH]c1=O)O2. The molecule has 0 aliphatic carbocycles. The quantitative estimate of drug-likeness (QED) is 0.818. The molecular weight excluding hydrogens is 236 g/mol. The molecule has 18 heavy (non-hydrogen) atoms. The van der Waals surface area contributed by atoms with Crippen molar-refractivity contribution in [3.8, 4) is 0 Å². The Kier molecular flexibility index (Phi) is 2.46. The van der Waals surface area contributed by atoms with E-state index in [-0.39, 0.29) is 17.6 Å². The smallest absolute Gasteiger partial charge is 0.330 e. The summed E-state index contributed by atoms with van der Waals surface area (Å²) < 4.78 is 13.2. The fourth-order valence-corrected chi connectivity index (χ4v) is 2.94. The van der Waals surface area contributed by atoms with Crippen LogP contribution in [0, 0.1) is 5.92 Å². The van der Waals surface area contributed by atoms with Gasteiger partial charge >= 0.3 is 5.69 Å². The molecular formula is C12H16N2O4. The maximum Gasteiger partial charge on any atom is 0.330 e. The van der Waals surface area contributed by atoms with Crippen LogP contribution in [0.3, 0.4) is 0 Å². The predicted molar refractivity (Wildman–Crippen MR) is 63.4 cm³/mol. The molecule has 3 heterocycles. The molecule has 0 aromatic carbocycles. The van der Waals surface area contributed by atoms with Crippen molar-refractivity contribution in [3.05, 3.63) is 33.1 Å². The molecule has 2 aliphatic heterocycles. The minimum Gasteiger partial charge on any atom is -0.370 e. The molecule has 1 unspecified atom stereocenters. The van der Waals surface area contributed by atoms with Crippen LogP contribution in [0.1, 0.15) is 26.5 Å². The van der Waals surface area contributed by atoms with E-state index in [0.717, 1.165) is 6.42 Å². The molecule has 1 N–H and O–H groups in total. The number of hydrogen-bond acceptors (Lipinski definition) is 4. The van der Waals surface area contributed by atoms with Crippen LogP contribution < -0.4 is 11.2 Å². The first-order valence-electron chi connectivity index (χ1n) is 6.18. The fourth-order valence-electron chi connectivity index (χ4n) is 2.94. The number of ether oxygens (including phenoxy) is 2. The van der Waals surface area contributed by atoms with Crippen molar-refractivity contribution in [1.82, 2.24) is 9.55 Å². The van der Waals surface area contributed by atoms with Gasteiger partial charge in [0.25, 0.3) is 5.56 Å². The maximum atomic E-state index is 11.8. The third kappa shape index (κ3) is 1.42. The van der Waals surface area contributed by atoms with E-state index in [1.54, 1.807) is 0 Å². The van der Waals surface area contributed by atoms with E-state index in [0.29, 0.717) is 6.61 Å². The van der Waals surface area contributed by atoms with E-state index in [2.05, 4.69) is 18.8 Å². The van der Waals surface area contributed by atoms with Gasteiger partial charge in [-0.25, -0.2) is 4.79 Å². The molecule has 2 saturated heterocycles. The minimum atomic E-state index is -0.456. The fraction of sp³-hybridized carbons (Fsp3) is 0.667. The van der Waals surface area contributed by atoms with Gasteiger partial charge in [-0.15, -0.1) is 0 Å². The highest BCUT2D eigenvalue weighted by atomic mass is 16.6. The first kappa shape index (κ1) is 11.7. The summed E-state index contributed by atoms with van der Waals surface area (Å²) in [5.41, 5.74) is -1.16. The molecule has 98 valence electrons. The van der Waals surface area contributed by atoms with E-state index in [1.807, 2.05) is 0 Å². The van der Waals surface area contributed by atoms with Crippen molar-refractivity contribution in [3.63, 3.8) is 0 Å². The summed E-state index contributed by atoms with van der Waals surface area (Å²) in [6.07, 6.45) is 1.73. The second-order valence-electron chi connectivity index (χ2n) is 5.01. The molecule has 1 aromatic heterocycles. The lowest BCUT2D eigenvalue weighted by atomic mass is 9.88. The third-order valence-electron chi connectivity index (χ3n) is 4.20. The van der Waals surface area contributed by atoms with E-state index >= 15 is 0 Å². The Hall–Kier alpha value is -1.40. The average Bonchev–Trinajstić information content (AvgIpc) is 2.81. The largest absolute Gasteiger partial charge is 0.370 e. The molecule has 0 spiro atoms. The van der Waals surface area contributed by atoms with Crippen LogP contribution in [-0.2, 0) is 9.47 Å². The summed E-state index contributed by atoms with van der Waals surface area (Å²) in [5, 5.41) is 0. The van der Waals surface area contributed by atoms with Gasteiger partial charge in [0.05, 0.1) is 12.2 Å². The first-order valence-corrected chi connectivity index (χ1v) is 6.18. The number of hydrogen-bond donors (Lipinski definition) is 1. The molecule has 1 aromatic rings. The highest BCUT2D eigenvalue weighted by Crippen LogP contribution is 2.49. The molecule has 4 atom stereocenters. The zero-order valence-corrected chi connectivity index (χ0v) is 10.4. The summed E-state index contributed by atoms with van der Waals surface area (Å²) in [4.78, 5) is 25.1. The van der Waals surface area contributed by atoms with Crippen LogP contribution in [0.4, 0.5) is 0 Å². The van der Waals surface area contributed by atoms with E-state index in [4.69, 9.17) is 9.47 Å². The second-order valence-corrected chi connectivity index (χ2v) is 5.01. The summed E-state index contributed by atoms with van der Waals surface area (Å²) >= 11 is 0. The van der Waals surface area contributed by atoms with E-state index < -0.39 is 17.5 Å². The molecule has 0 saturated carbocycles. The molecule has 2 bridgehead atoms. The molecule has 6 heteroatoms. The van der Waals surface area contributed by atoms with Crippen LogP contribution in [0.5, 0.6) is 0 Å². The zero-order valence-electron chi connectivity index (χ0n) is 10.4. The lowest BCUT2D eigenvalue weighted by Gasteiger charge is -2.30. The van der Waals surface area contributed by atoms with Gasteiger partial charge in [-0.1, -0.05) is 13.8 Å². The Bertz CT molecular complexity index is 578. The van der Waals surface area contributed by atoms with Crippen molar-refractivity contribution >= 4 is 0 Å². The van der Waals surface area contributed by atoms with E-state index in [9.17, 15) is 9.59 Å². The van der Waals surface area contributed by atoms with Crippen LogP contribution >= 0.6 is 0 Å². The maximum absolute atomic E-state index is 11.8. The summed E-state index contributed by atoms with van der Waals surface area (Å²) in [6.45, 7) is 4.71. The molecule has 2 aliphatic rings. The van der Waals surface area contributed by atoms with Crippen LogP contribution in [0.2, 0.25) is 0 Å². The topological polar surface area (TPSA) is 73.3 Å². The third-order valence-corrected chi connectivity index (χ3v) is 4.20. The number of aromatic amines is 1. The molecule has 0 radical (unpaired) electrons. The van der Waals surface area contributed by atoms with E-state index in [1.165, 1.54) is 16.8 Å². The van der Waals surface area contributed by atoms with Gasteiger partial charge in [-0.05, 0) is 6.42 Å². The molecule has 2 fully saturated rings. The van der Waals surface area contributed by atoms with Crippen molar-refractivity contribution < 1.29 is 9.47 Å². The predicted octanol–water partition coefficient (Wildman–Crippen LogP) is 0.249. The first-order chi connectivity index (χ1) is 8.57. The van der Waals surface area contributed by atoms with Crippen molar-refractivity contribution in [1.29, 1.82) is 0 Å². The standard InChI is InChI=1S/C12H16N2O4/c1-3-12-6-17-9(7(12)2)10(18-12)14-5-4-8(15)13-11(14)16/h4-5,7,9-10H,3,6H2,1-2H3,(H,13,15,16)/t7?,9-,10+,12-/m0/s1. The van der Waals surface area contributed by atoms with Gasteiger partial charge < -0.3 is 9.47 Å². The molecule has 0 amide bonds. The average molecular weight is 252 g/mol. The van der Waals surface area contributed by atoms with Gasteiger partial charge in [0.15, 0.2) is 6.23 Å². The number of rotatable bonds is 2. The van der Waals surface area contributed by atoms with Crippen molar-refractivity contribution in [2.24, 2.45) is 5.92 Å². The second kappa shape index (κ2) is 3.80. The van der Waals surface area contributed by atoms with Gasteiger partial charge in [0, 0.05) is 18.2 Å². The van der Waals surface area contributed by atoms with Crippen molar-refractivity contribution in [2.45, 2.75) is 38.2 Å². The molecule has 6 nitrogen and oxygen atoms in total. The normalized spacial score (nSPS) is 38.2. The van der Waals surface area contributed by atoms with Crippen molar-refractivity contribution in [2.75, 3.05) is 6.61 Å². The Labute approximate surface area is 104 Å². The van der Waals surface area contributed by atoms with Gasteiger partial charge in [-0.3, -0.25) is 14.3 Å². The van der Waals surface area contributed by atoms with Crippen LogP contribution in [0.25, 0.3) is 0 Å². The number of nitrogens with zero attached hydrogens (tertiary/aromatic N) is 1. The monoisotopic (exact) mass is 252 g/mol. The molecule has 3 rings (SSSR count). The van der Waals surface area contributed by atoms with Crippen LogP contribution in [0.15, 0.2) is 21.9 Å². The zero-order chi connectivity index (χ0) is 12.9. The number of nitrogens with one attached hydrogen (secondary N) is 1. The number of fused-ring (bicyclic) bond motifs is 2. The summed E-state index contributed by atoms with van der Waals surface area (Å²) in [7, 11) is 0. The summed E-state index contributed by atoms with van der Waals surface area (Å²) in [6, 6.07) is 1.32. The Morgan fingerprint density at radius 2 is 2.33 bits per heavy atom.